The van der Waals surface area contributed by atoms with Crippen LogP contribution in [0.25, 0.3) is 23.6 Å². The predicted molar refractivity (Wildman–Crippen MR) is 79.7 cm³/mol. The van der Waals surface area contributed by atoms with Gasteiger partial charge in [0.2, 0.25) is 5.89 Å². The van der Waals surface area contributed by atoms with Crippen molar-refractivity contribution >= 4 is 18.4 Å². The van der Waals surface area contributed by atoms with E-state index in [1.165, 1.54) is 0 Å². The van der Waals surface area contributed by atoms with Crippen LogP contribution in [0.3, 0.4) is 0 Å². The van der Waals surface area contributed by atoms with Crippen LogP contribution in [0.1, 0.15) is 23.2 Å². The molecule has 0 unspecified atom stereocenters. The third-order valence-electron chi connectivity index (χ3n) is 2.78. The normalized spacial score (nSPS) is 12.3. The van der Waals surface area contributed by atoms with Gasteiger partial charge in [0.25, 0.3) is 0 Å². The molecule has 0 radical (unpaired) electrons. The van der Waals surface area contributed by atoms with Crippen LogP contribution in [0.4, 0.5) is 0 Å². The quantitative estimate of drug-likeness (QED) is 0.837. The predicted octanol–water partition coefficient (Wildman–Crippen LogP) is 1.34. The molecule has 4 nitrogen and oxygen atoms in total. The molecule has 4 heteroatoms. The van der Waals surface area contributed by atoms with Crippen molar-refractivity contribution in [3.63, 3.8) is 0 Å². The van der Waals surface area contributed by atoms with Crippen LogP contribution in [-0.4, -0.2) is 25.4 Å². The summed E-state index contributed by atoms with van der Waals surface area (Å²) in [5, 5.41) is 3.66. The molecule has 0 spiro atoms. The van der Waals surface area contributed by atoms with Gasteiger partial charge in [-0.3, -0.25) is 4.79 Å². The monoisotopic (exact) mass is 270 g/mol. The number of rotatable bonds is 2. The largest absolute Gasteiger partial charge is 0.436 e. The minimum absolute atomic E-state index is 0.577. The molecule has 0 amide bonds. The van der Waals surface area contributed by atoms with Crippen LogP contribution in [-0.2, 0) is 0 Å². The van der Waals surface area contributed by atoms with Crippen LogP contribution in [0, 0.1) is 0 Å². The molecule has 1 heterocycles. The molecule has 0 atom stereocenters. The van der Waals surface area contributed by atoms with Crippen molar-refractivity contribution in [3.8, 4) is 11.5 Å². The molecule has 20 heavy (non-hydrogen) atoms. The summed E-state index contributed by atoms with van der Waals surface area (Å²) in [4.78, 5) is 15.1. The lowest BCUT2D eigenvalue weighted by Crippen LogP contribution is -2.23. The molecule has 1 aromatic heterocycles. The Morgan fingerprint density at radius 3 is 2.70 bits per heavy atom. The molecular weight excluding hydrogens is 252 g/mol. The van der Waals surface area contributed by atoms with Gasteiger partial charge in [0.15, 0.2) is 5.42 Å². The van der Waals surface area contributed by atoms with Crippen molar-refractivity contribution < 1.29 is 9.21 Å². The maximum absolute atomic E-state index is 10.7. The number of carbonyl (C=O) groups excluding carboxylic acids is 1. The number of oxazole rings is 1. The maximum Gasteiger partial charge on any atom is 0.227 e. The average molecular weight is 270 g/mol. The number of hydrogen-bond donors (Lipinski definition) is 1. The van der Waals surface area contributed by atoms with Gasteiger partial charge in [-0.05, 0) is 45.1 Å². The summed E-state index contributed by atoms with van der Waals surface area (Å²) >= 11 is 0. The van der Waals surface area contributed by atoms with Crippen molar-refractivity contribution in [1.82, 2.24) is 10.3 Å². The SMILES string of the molecule is CNC.O=Cc1cccc(-c2nc3c(o2)=CCCC=3)c1. The zero-order chi connectivity index (χ0) is 14.4. The summed E-state index contributed by atoms with van der Waals surface area (Å²) in [7, 11) is 3.75. The average Bonchev–Trinajstić information content (AvgIpc) is 2.92. The minimum atomic E-state index is 0.577. The van der Waals surface area contributed by atoms with E-state index >= 15 is 0 Å². The fourth-order valence-electron chi connectivity index (χ4n) is 1.94. The van der Waals surface area contributed by atoms with Crippen molar-refractivity contribution in [3.05, 3.63) is 40.6 Å². The smallest absolute Gasteiger partial charge is 0.227 e. The van der Waals surface area contributed by atoms with Crippen LogP contribution in [0.15, 0.2) is 28.7 Å². The van der Waals surface area contributed by atoms with Gasteiger partial charge < -0.3 is 9.73 Å². The number of benzene rings is 1. The number of aromatic nitrogens is 1. The van der Waals surface area contributed by atoms with Crippen molar-refractivity contribution in [2.45, 2.75) is 12.8 Å². The van der Waals surface area contributed by atoms with E-state index in [1.54, 1.807) is 12.1 Å². The Bertz CT molecular complexity index is 668. The van der Waals surface area contributed by atoms with Crippen molar-refractivity contribution in [1.29, 1.82) is 0 Å². The highest BCUT2D eigenvalue weighted by molar-refractivity contribution is 5.77. The van der Waals surface area contributed by atoms with E-state index in [0.717, 1.165) is 35.5 Å². The molecule has 0 fully saturated rings. The lowest BCUT2D eigenvalue weighted by molar-refractivity contribution is 0.112. The highest BCUT2D eigenvalue weighted by Gasteiger charge is 2.07. The number of carbonyl (C=O) groups is 1. The maximum atomic E-state index is 10.7. The van der Waals surface area contributed by atoms with E-state index in [4.69, 9.17) is 4.42 Å². The number of nitrogens with zero attached hydrogens (tertiary/aromatic N) is 1. The minimum Gasteiger partial charge on any atom is -0.436 e. The Labute approximate surface area is 117 Å². The first-order chi connectivity index (χ1) is 9.78. The first-order valence-electron chi connectivity index (χ1n) is 6.60. The first-order valence-corrected chi connectivity index (χ1v) is 6.60. The van der Waals surface area contributed by atoms with Gasteiger partial charge in [-0.1, -0.05) is 18.2 Å². The fourth-order valence-corrected chi connectivity index (χ4v) is 1.94. The molecule has 0 saturated carbocycles. The van der Waals surface area contributed by atoms with Crippen LogP contribution in [0.5, 0.6) is 0 Å². The first kappa shape index (κ1) is 14.2. The molecular formula is C16H18N2O2. The molecule has 1 aromatic carbocycles. The standard InChI is InChI=1S/C14H11NO2.C2H7N/c16-9-10-4-3-5-11(8-10)14-15-12-6-1-2-7-13(12)17-14;1-3-2/h3-9H,1-2H2;3H,1-2H3. The van der Waals surface area contributed by atoms with Crippen LogP contribution < -0.4 is 16.1 Å². The van der Waals surface area contributed by atoms with Crippen molar-refractivity contribution in [2.24, 2.45) is 0 Å². The molecule has 1 N–H and O–H groups in total. The van der Waals surface area contributed by atoms with Gasteiger partial charge in [-0.2, -0.15) is 0 Å². The van der Waals surface area contributed by atoms with E-state index in [0.29, 0.717) is 11.5 Å². The number of nitrogens with one attached hydrogen (secondary N) is 1. The van der Waals surface area contributed by atoms with Gasteiger partial charge >= 0.3 is 0 Å². The third-order valence-corrected chi connectivity index (χ3v) is 2.78. The van der Waals surface area contributed by atoms with Crippen molar-refractivity contribution in [2.75, 3.05) is 14.1 Å². The van der Waals surface area contributed by atoms with Gasteiger partial charge in [-0.15, -0.1) is 0 Å². The summed E-state index contributed by atoms with van der Waals surface area (Å²) in [6, 6.07) is 7.27. The Morgan fingerprint density at radius 2 is 2.00 bits per heavy atom. The number of aldehydes is 1. The molecule has 1 aliphatic carbocycles. The second kappa shape index (κ2) is 6.82. The van der Waals surface area contributed by atoms with Gasteiger partial charge in [0.05, 0.1) is 0 Å². The zero-order valence-electron chi connectivity index (χ0n) is 11.7. The molecule has 0 aliphatic heterocycles. The molecule has 3 rings (SSSR count). The molecule has 0 saturated heterocycles. The Kier molecular flexibility index (Phi) is 4.85. The van der Waals surface area contributed by atoms with Gasteiger partial charge in [-0.25, -0.2) is 4.98 Å². The van der Waals surface area contributed by atoms with E-state index in [-0.39, 0.29) is 0 Å². The Morgan fingerprint density at radius 1 is 1.25 bits per heavy atom. The molecule has 1 aliphatic rings. The number of hydrogen-bond acceptors (Lipinski definition) is 4. The Balaban J connectivity index is 0.000000452. The summed E-state index contributed by atoms with van der Waals surface area (Å²) in [5.74, 6) is 0.577. The van der Waals surface area contributed by atoms with Gasteiger partial charge in [0, 0.05) is 11.1 Å². The highest BCUT2D eigenvalue weighted by Crippen LogP contribution is 2.15. The zero-order valence-corrected chi connectivity index (χ0v) is 11.7. The van der Waals surface area contributed by atoms with E-state index in [9.17, 15) is 4.79 Å². The Hall–Kier alpha value is -2.20. The number of fused-ring (bicyclic) bond motifs is 1. The highest BCUT2D eigenvalue weighted by atomic mass is 16.3. The van der Waals surface area contributed by atoms with E-state index in [1.807, 2.05) is 26.2 Å². The molecule has 0 bridgehead atoms. The van der Waals surface area contributed by atoms with E-state index < -0.39 is 0 Å². The third kappa shape index (κ3) is 3.22. The molecule has 104 valence electrons. The van der Waals surface area contributed by atoms with E-state index in [2.05, 4.69) is 22.5 Å². The summed E-state index contributed by atoms with van der Waals surface area (Å²) in [6.07, 6.45) is 6.95. The summed E-state index contributed by atoms with van der Waals surface area (Å²) < 4.78 is 5.68. The summed E-state index contributed by atoms with van der Waals surface area (Å²) in [5.41, 5.74) is 2.31. The van der Waals surface area contributed by atoms with Crippen LogP contribution in [0.2, 0.25) is 0 Å². The lowest BCUT2D eigenvalue weighted by Gasteiger charge is -1.95. The van der Waals surface area contributed by atoms with Crippen LogP contribution >= 0.6 is 0 Å². The lowest BCUT2D eigenvalue weighted by atomic mass is 10.1. The second-order valence-electron chi connectivity index (χ2n) is 4.50. The summed E-state index contributed by atoms with van der Waals surface area (Å²) in [6.45, 7) is 0. The topological polar surface area (TPSA) is 55.1 Å². The van der Waals surface area contributed by atoms with Gasteiger partial charge in [0.1, 0.15) is 11.6 Å². The second-order valence-corrected chi connectivity index (χ2v) is 4.50. The fraction of sp³-hybridized carbons (Fsp3) is 0.250. The molecule has 2 aromatic rings.